The Kier molecular flexibility index (Phi) is 3.98. The fraction of sp³-hybridized carbons (Fsp3) is 0.533. The predicted molar refractivity (Wildman–Crippen MR) is 79.7 cm³/mol. The summed E-state index contributed by atoms with van der Waals surface area (Å²) in [5.41, 5.74) is 2.03. The zero-order valence-corrected chi connectivity index (χ0v) is 12.2. The molecule has 1 saturated heterocycles. The van der Waals surface area contributed by atoms with Crippen molar-refractivity contribution in [3.63, 3.8) is 0 Å². The predicted octanol–water partition coefficient (Wildman–Crippen LogP) is 3.01. The number of anilines is 2. The highest BCUT2D eigenvalue weighted by Gasteiger charge is 2.35. The second-order valence-corrected chi connectivity index (χ2v) is 5.58. The van der Waals surface area contributed by atoms with Crippen LogP contribution < -0.4 is 10.2 Å². The Morgan fingerprint density at radius 2 is 1.95 bits per heavy atom. The van der Waals surface area contributed by atoms with E-state index in [1.54, 1.807) is 0 Å². The molecule has 1 aromatic carbocycles. The topological polar surface area (TPSA) is 35.6 Å². The Morgan fingerprint density at radius 3 is 2.47 bits per heavy atom. The van der Waals surface area contributed by atoms with E-state index in [1.807, 2.05) is 48.2 Å². The maximum absolute atomic E-state index is 12.3. The van der Waals surface area contributed by atoms with Crippen molar-refractivity contribution < 1.29 is 4.79 Å². The van der Waals surface area contributed by atoms with Gasteiger partial charge in [0.25, 0.3) is 0 Å². The Bertz CT molecular complexity index is 441. The van der Waals surface area contributed by atoms with E-state index in [0.717, 1.165) is 24.3 Å². The number of urea groups is 1. The number of nitrogens with zero attached hydrogens (tertiary/aromatic N) is 2. The Hall–Kier alpha value is -1.71. The first kappa shape index (κ1) is 13.7. The van der Waals surface area contributed by atoms with E-state index in [1.165, 1.54) is 0 Å². The van der Waals surface area contributed by atoms with Crippen LogP contribution in [-0.2, 0) is 0 Å². The third kappa shape index (κ3) is 2.83. The van der Waals surface area contributed by atoms with Crippen LogP contribution in [0.4, 0.5) is 16.2 Å². The van der Waals surface area contributed by atoms with Crippen molar-refractivity contribution in [2.45, 2.75) is 26.3 Å². The van der Waals surface area contributed by atoms with Gasteiger partial charge in [0.2, 0.25) is 0 Å². The van der Waals surface area contributed by atoms with Gasteiger partial charge in [-0.1, -0.05) is 13.8 Å². The van der Waals surface area contributed by atoms with Crippen LogP contribution in [0.15, 0.2) is 24.3 Å². The Balaban J connectivity index is 2.14. The molecule has 1 aliphatic heterocycles. The molecule has 1 unspecified atom stereocenters. The quantitative estimate of drug-likeness (QED) is 0.904. The van der Waals surface area contributed by atoms with Gasteiger partial charge in [-0.2, -0.15) is 0 Å². The fourth-order valence-electron chi connectivity index (χ4n) is 2.56. The van der Waals surface area contributed by atoms with Crippen molar-refractivity contribution in [3.8, 4) is 0 Å². The van der Waals surface area contributed by atoms with E-state index in [0.29, 0.717) is 12.0 Å². The molecule has 0 spiro atoms. The molecule has 2 rings (SSSR count). The molecule has 1 aliphatic rings. The number of benzene rings is 1. The minimum absolute atomic E-state index is 0.0999. The van der Waals surface area contributed by atoms with E-state index < -0.39 is 0 Å². The lowest BCUT2D eigenvalue weighted by Crippen LogP contribution is -2.31. The summed E-state index contributed by atoms with van der Waals surface area (Å²) in [6.07, 6.45) is 1.05. The first-order valence-corrected chi connectivity index (χ1v) is 6.85. The zero-order valence-electron chi connectivity index (χ0n) is 12.2. The number of rotatable bonds is 4. The summed E-state index contributed by atoms with van der Waals surface area (Å²) in [5.74, 6) is 0.604. The van der Waals surface area contributed by atoms with E-state index in [-0.39, 0.29) is 6.03 Å². The maximum atomic E-state index is 12.3. The lowest BCUT2D eigenvalue weighted by Gasteiger charge is -2.19. The molecule has 4 heteroatoms. The van der Waals surface area contributed by atoms with Crippen LogP contribution in [0.1, 0.15) is 20.3 Å². The van der Waals surface area contributed by atoms with Crippen molar-refractivity contribution in [1.82, 2.24) is 4.90 Å². The van der Waals surface area contributed by atoms with Crippen LogP contribution in [0.5, 0.6) is 0 Å². The van der Waals surface area contributed by atoms with Crippen LogP contribution >= 0.6 is 0 Å². The van der Waals surface area contributed by atoms with Crippen molar-refractivity contribution >= 4 is 17.4 Å². The maximum Gasteiger partial charge on any atom is 0.324 e. The van der Waals surface area contributed by atoms with Crippen LogP contribution in [0.2, 0.25) is 0 Å². The number of hydrogen-bond donors (Lipinski definition) is 1. The molecule has 4 nitrogen and oxygen atoms in total. The average Bonchev–Trinajstić information content (AvgIpc) is 2.67. The lowest BCUT2D eigenvalue weighted by atomic mass is 10.0. The summed E-state index contributed by atoms with van der Waals surface area (Å²) in [6.45, 7) is 5.18. The van der Waals surface area contributed by atoms with Gasteiger partial charge in [-0.15, -0.1) is 0 Å². The molecule has 1 heterocycles. The lowest BCUT2D eigenvalue weighted by molar-refractivity contribution is 0.213. The van der Waals surface area contributed by atoms with Gasteiger partial charge in [-0.05, 0) is 36.6 Å². The van der Waals surface area contributed by atoms with E-state index in [2.05, 4.69) is 19.2 Å². The molecule has 0 aliphatic carbocycles. The molecule has 1 atom stereocenters. The summed E-state index contributed by atoms with van der Waals surface area (Å²) in [6, 6.07) is 8.40. The molecule has 0 saturated carbocycles. The van der Waals surface area contributed by atoms with E-state index >= 15 is 0 Å². The van der Waals surface area contributed by atoms with Gasteiger partial charge in [0.05, 0.1) is 6.04 Å². The summed E-state index contributed by atoms with van der Waals surface area (Å²) in [4.78, 5) is 16.0. The van der Waals surface area contributed by atoms with Crippen molar-refractivity contribution in [3.05, 3.63) is 24.3 Å². The molecule has 1 aromatic rings. The van der Waals surface area contributed by atoms with Crippen molar-refractivity contribution in [1.29, 1.82) is 0 Å². The monoisotopic (exact) mass is 261 g/mol. The molecule has 1 fully saturated rings. The van der Waals surface area contributed by atoms with Crippen LogP contribution in [0, 0.1) is 5.92 Å². The summed E-state index contributed by atoms with van der Waals surface area (Å²) >= 11 is 0. The first-order chi connectivity index (χ1) is 9.02. The Labute approximate surface area is 115 Å². The number of likely N-dealkylation sites (N-methyl/N-ethyl adjacent to an activating group) is 1. The molecular weight excluding hydrogens is 238 g/mol. The molecule has 0 bridgehead atoms. The number of carbonyl (C=O) groups is 1. The van der Waals surface area contributed by atoms with Crippen LogP contribution in [-0.4, -0.2) is 37.6 Å². The second kappa shape index (κ2) is 5.51. The third-order valence-corrected chi connectivity index (χ3v) is 3.68. The van der Waals surface area contributed by atoms with Crippen LogP contribution in [0.3, 0.4) is 0 Å². The average molecular weight is 261 g/mol. The van der Waals surface area contributed by atoms with Gasteiger partial charge in [0, 0.05) is 32.0 Å². The highest BCUT2D eigenvalue weighted by molar-refractivity contribution is 5.94. The minimum atomic E-state index is 0.0999. The van der Waals surface area contributed by atoms with E-state index in [4.69, 9.17) is 0 Å². The molecule has 0 radical (unpaired) electrons. The van der Waals surface area contributed by atoms with Gasteiger partial charge in [0.15, 0.2) is 0 Å². The molecule has 0 aromatic heterocycles. The number of hydrogen-bond acceptors (Lipinski definition) is 2. The third-order valence-electron chi connectivity index (χ3n) is 3.68. The van der Waals surface area contributed by atoms with Gasteiger partial charge < -0.3 is 10.2 Å². The largest absolute Gasteiger partial charge is 0.388 e. The normalized spacial score (nSPS) is 19.4. The smallest absolute Gasteiger partial charge is 0.324 e. The summed E-state index contributed by atoms with van der Waals surface area (Å²) in [5, 5.41) is 3.09. The molecule has 104 valence electrons. The van der Waals surface area contributed by atoms with Crippen molar-refractivity contribution in [2.24, 2.45) is 5.92 Å². The summed E-state index contributed by atoms with van der Waals surface area (Å²) in [7, 11) is 3.79. The summed E-state index contributed by atoms with van der Waals surface area (Å²) < 4.78 is 0. The number of carbonyl (C=O) groups excluding carboxylic acids is 1. The van der Waals surface area contributed by atoms with Gasteiger partial charge in [-0.3, -0.25) is 4.90 Å². The zero-order chi connectivity index (χ0) is 14.0. The Morgan fingerprint density at radius 1 is 1.32 bits per heavy atom. The second-order valence-electron chi connectivity index (χ2n) is 5.58. The number of nitrogens with one attached hydrogen (secondary N) is 1. The number of amides is 2. The highest BCUT2D eigenvalue weighted by Crippen LogP contribution is 2.26. The molecular formula is C15H23N3O. The van der Waals surface area contributed by atoms with Gasteiger partial charge in [0.1, 0.15) is 0 Å². The first-order valence-electron chi connectivity index (χ1n) is 6.85. The fourth-order valence-corrected chi connectivity index (χ4v) is 2.56. The van der Waals surface area contributed by atoms with Gasteiger partial charge in [-0.25, -0.2) is 4.79 Å². The molecule has 1 N–H and O–H groups in total. The molecule has 2 amide bonds. The SMILES string of the molecule is CNc1ccc(N2CC(CC(C)C)N(C)C2=O)cc1. The minimum Gasteiger partial charge on any atom is -0.388 e. The molecule has 19 heavy (non-hydrogen) atoms. The standard InChI is InChI=1S/C15H23N3O/c1-11(2)9-14-10-18(15(19)17(14)4)13-7-5-12(16-3)6-8-13/h5-8,11,14,16H,9-10H2,1-4H3. The van der Waals surface area contributed by atoms with Gasteiger partial charge >= 0.3 is 6.03 Å². The van der Waals surface area contributed by atoms with E-state index in [9.17, 15) is 4.79 Å². The van der Waals surface area contributed by atoms with Crippen molar-refractivity contribution in [2.75, 3.05) is 30.9 Å². The van der Waals surface area contributed by atoms with Crippen LogP contribution in [0.25, 0.3) is 0 Å². The highest BCUT2D eigenvalue weighted by atomic mass is 16.2.